The third-order valence-electron chi connectivity index (χ3n) is 4.59. The van der Waals surface area contributed by atoms with Crippen LogP contribution in [0, 0.1) is 13.8 Å². The molecule has 0 aliphatic carbocycles. The molecule has 0 radical (unpaired) electrons. The van der Waals surface area contributed by atoms with Crippen LogP contribution in [0.3, 0.4) is 0 Å². The fraction of sp³-hybridized carbons (Fsp3) is 0.167. The van der Waals surface area contributed by atoms with Gasteiger partial charge in [0.1, 0.15) is 0 Å². The summed E-state index contributed by atoms with van der Waals surface area (Å²) in [5.74, 6) is -0.331. The Labute approximate surface area is 165 Å². The first-order valence-electron chi connectivity index (χ1n) is 9.34. The van der Waals surface area contributed by atoms with Crippen LogP contribution >= 0.6 is 0 Å². The Kier molecular flexibility index (Phi) is 6.22. The van der Waals surface area contributed by atoms with E-state index in [-0.39, 0.29) is 11.8 Å². The van der Waals surface area contributed by atoms with Crippen LogP contribution in [-0.4, -0.2) is 18.4 Å². The predicted octanol–water partition coefficient (Wildman–Crippen LogP) is 4.53. The second-order valence-electron chi connectivity index (χ2n) is 6.84. The Morgan fingerprint density at radius 3 is 2.11 bits per heavy atom. The van der Waals surface area contributed by atoms with Crippen molar-refractivity contribution in [1.82, 2.24) is 5.32 Å². The number of amides is 2. The molecule has 0 aliphatic heterocycles. The molecule has 4 heteroatoms. The summed E-state index contributed by atoms with van der Waals surface area (Å²) in [6, 6.07) is 22.7. The molecular formula is C24H24N2O2. The van der Waals surface area contributed by atoms with Crippen LogP contribution in [-0.2, 0) is 6.42 Å². The highest BCUT2D eigenvalue weighted by molar-refractivity contribution is 6.05. The minimum Gasteiger partial charge on any atom is -0.352 e. The van der Waals surface area contributed by atoms with Crippen molar-refractivity contribution in [2.75, 3.05) is 11.9 Å². The molecule has 0 unspecified atom stereocenters. The molecule has 0 atom stereocenters. The monoisotopic (exact) mass is 372 g/mol. The van der Waals surface area contributed by atoms with Crippen molar-refractivity contribution in [2.45, 2.75) is 20.3 Å². The molecule has 0 spiro atoms. The van der Waals surface area contributed by atoms with Gasteiger partial charge in [0.25, 0.3) is 11.8 Å². The second kappa shape index (κ2) is 9.00. The van der Waals surface area contributed by atoms with Gasteiger partial charge in [0, 0.05) is 23.4 Å². The molecule has 0 saturated heterocycles. The van der Waals surface area contributed by atoms with Crippen LogP contribution in [0.15, 0.2) is 72.8 Å². The zero-order valence-electron chi connectivity index (χ0n) is 16.2. The number of aryl methyl sites for hydroxylation is 2. The minimum atomic E-state index is -0.190. The highest BCUT2D eigenvalue weighted by Crippen LogP contribution is 2.17. The van der Waals surface area contributed by atoms with Crippen molar-refractivity contribution >= 4 is 17.5 Å². The van der Waals surface area contributed by atoms with Gasteiger partial charge < -0.3 is 10.6 Å². The number of benzene rings is 3. The lowest BCUT2D eigenvalue weighted by molar-refractivity contribution is 0.0952. The van der Waals surface area contributed by atoms with E-state index in [9.17, 15) is 9.59 Å². The second-order valence-corrected chi connectivity index (χ2v) is 6.84. The molecule has 0 saturated carbocycles. The van der Waals surface area contributed by atoms with E-state index in [4.69, 9.17) is 0 Å². The van der Waals surface area contributed by atoms with E-state index in [1.165, 1.54) is 5.56 Å². The fourth-order valence-corrected chi connectivity index (χ4v) is 2.91. The summed E-state index contributed by atoms with van der Waals surface area (Å²) in [4.78, 5) is 24.8. The number of carbonyl (C=O) groups excluding carboxylic acids is 2. The molecule has 3 aromatic rings. The molecule has 0 aliphatic rings. The predicted molar refractivity (Wildman–Crippen MR) is 113 cm³/mol. The maximum Gasteiger partial charge on any atom is 0.255 e. The fourth-order valence-electron chi connectivity index (χ4n) is 2.91. The molecule has 3 rings (SSSR count). The van der Waals surface area contributed by atoms with Crippen molar-refractivity contribution in [3.05, 3.63) is 101 Å². The topological polar surface area (TPSA) is 58.2 Å². The molecule has 4 nitrogen and oxygen atoms in total. The van der Waals surface area contributed by atoms with Crippen LogP contribution < -0.4 is 10.6 Å². The van der Waals surface area contributed by atoms with Crippen LogP contribution in [0.2, 0.25) is 0 Å². The minimum absolute atomic E-state index is 0.141. The number of hydrogen-bond donors (Lipinski definition) is 2. The first-order valence-corrected chi connectivity index (χ1v) is 9.34. The van der Waals surface area contributed by atoms with Gasteiger partial charge in [-0.1, -0.05) is 42.5 Å². The summed E-state index contributed by atoms with van der Waals surface area (Å²) in [5, 5.41) is 5.84. The average Bonchev–Trinajstić information content (AvgIpc) is 2.71. The van der Waals surface area contributed by atoms with Crippen molar-refractivity contribution in [3.8, 4) is 0 Å². The Balaban J connectivity index is 1.57. The molecule has 2 amide bonds. The Morgan fingerprint density at radius 1 is 0.786 bits per heavy atom. The van der Waals surface area contributed by atoms with Gasteiger partial charge in [-0.15, -0.1) is 0 Å². The first-order chi connectivity index (χ1) is 13.5. The summed E-state index contributed by atoms with van der Waals surface area (Å²) >= 11 is 0. The van der Waals surface area contributed by atoms with Crippen molar-refractivity contribution in [2.24, 2.45) is 0 Å². The van der Waals surface area contributed by atoms with E-state index in [0.29, 0.717) is 17.7 Å². The standard InChI is InChI=1S/C24H24N2O2/c1-17-8-9-18(2)22(16-17)26-24(28)21-12-10-20(11-13-21)23(27)25-15-14-19-6-4-3-5-7-19/h3-13,16H,14-15H2,1-2H3,(H,25,27)(H,26,28). The summed E-state index contributed by atoms with van der Waals surface area (Å²) in [6.07, 6.45) is 0.781. The zero-order valence-corrected chi connectivity index (χ0v) is 16.2. The smallest absolute Gasteiger partial charge is 0.255 e. The van der Waals surface area contributed by atoms with Gasteiger partial charge in [0.2, 0.25) is 0 Å². The first kappa shape index (κ1) is 19.4. The number of hydrogen-bond acceptors (Lipinski definition) is 2. The lowest BCUT2D eigenvalue weighted by atomic mass is 10.1. The quantitative estimate of drug-likeness (QED) is 0.668. The van der Waals surface area contributed by atoms with Gasteiger partial charge in [-0.05, 0) is 67.3 Å². The van der Waals surface area contributed by atoms with E-state index in [0.717, 1.165) is 23.2 Å². The van der Waals surface area contributed by atoms with Gasteiger partial charge in [-0.3, -0.25) is 9.59 Å². The normalized spacial score (nSPS) is 10.4. The van der Waals surface area contributed by atoms with Crippen LogP contribution in [0.25, 0.3) is 0 Å². The van der Waals surface area contributed by atoms with Gasteiger partial charge in [-0.2, -0.15) is 0 Å². The maximum atomic E-state index is 12.5. The van der Waals surface area contributed by atoms with E-state index >= 15 is 0 Å². The zero-order chi connectivity index (χ0) is 19.9. The van der Waals surface area contributed by atoms with Crippen molar-refractivity contribution in [1.29, 1.82) is 0 Å². The molecular weight excluding hydrogens is 348 g/mol. The van der Waals surface area contributed by atoms with E-state index in [2.05, 4.69) is 10.6 Å². The molecule has 0 heterocycles. The Morgan fingerprint density at radius 2 is 1.43 bits per heavy atom. The van der Waals surface area contributed by atoms with Crippen LogP contribution in [0.4, 0.5) is 5.69 Å². The van der Waals surface area contributed by atoms with E-state index < -0.39 is 0 Å². The van der Waals surface area contributed by atoms with E-state index in [1.54, 1.807) is 24.3 Å². The largest absolute Gasteiger partial charge is 0.352 e. The van der Waals surface area contributed by atoms with Gasteiger partial charge in [-0.25, -0.2) is 0 Å². The average molecular weight is 372 g/mol. The van der Waals surface area contributed by atoms with Crippen LogP contribution in [0.5, 0.6) is 0 Å². The van der Waals surface area contributed by atoms with E-state index in [1.807, 2.05) is 62.4 Å². The van der Waals surface area contributed by atoms with Crippen molar-refractivity contribution < 1.29 is 9.59 Å². The molecule has 0 aromatic heterocycles. The molecule has 2 N–H and O–H groups in total. The molecule has 0 bridgehead atoms. The highest BCUT2D eigenvalue weighted by Gasteiger charge is 2.10. The van der Waals surface area contributed by atoms with Gasteiger partial charge in [0.15, 0.2) is 0 Å². The summed E-state index contributed by atoms with van der Waals surface area (Å²) in [7, 11) is 0. The summed E-state index contributed by atoms with van der Waals surface area (Å²) in [5.41, 5.74) is 5.13. The van der Waals surface area contributed by atoms with Gasteiger partial charge in [0.05, 0.1) is 0 Å². The molecule has 28 heavy (non-hydrogen) atoms. The lowest BCUT2D eigenvalue weighted by Gasteiger charge is -2.10. The molecule has 142 valence electrons. The van der Waals surface area contributed by atoms with Gasteiger partial charge >= 0.3 is 0 Å². The Hall–Kier alpha value is -3.40. The number of rotatable bonds is 6. The number of nitrogens with one attached hydrogen (secondary N) is 2. The highest BCUT2D eigenvalue weighted by atomic mass is 16.2. The number of carbonyl (C=O) groups is 2. The molecule has 0 fully saturated rings. The summed E-state index contributed by atoms with van der Waals surface area (Å²) < 4.78 is 0. The Bertz CT molecular complexity index is 964. The lowest BCUT2D eigenvalue weighted by Crippen LogP contribution is -2.25. The summed E-state index contributed by atoms with van der Waals surface area (Å²) in [6.45, 7) is 4.51. The van der Waals surface area contributed by atoms with Crippen LogP contribution in [0.1, 0.15) is 37.4 Å². The SMILES string of the molecule is Cc1ccc(C)c(NC(=O)c2ccc(C(=O)NCCc3ccccc3)cc2)c1. The third-order valence-corrected chi connectivity index (χ3v) is 4.59. The molecule has 3 aromatic carbocycles. The number of anilines is 1. The third kappa shape index (κ3) is 5.07. The maximum absolute atomic E-state index is 12.5. The van der Waals surface area contributed by atoms with Crippen molar-refractivity contribution in [3.63, 3.8) is 0 Å².